The third-order valence-corrected chi connectivity index (χ3v) is 3.76. The van der Waals surface area contributed by atoms with Crippen LogP contribution in [0.4, 0.5) is 0 Å². The normalized spacial score (nSPS) is 14.8. The first-order valence-electron chi connectivity index (χ1n) is 7.37. The lowest BCUT2D eigenvalue weighted by atomic mass is 10.1. The van der Waals surface area contributed by atoms with E-state index in [1.165, 1.54) is 19.0 Å². The molecule has 3 N–H and O–H groups in total. The van der Waals surface area contributed by atoms with Crippen LogP contribution in [0.5, 0.6) is 5.75 Å². The van der Waals surface area contributed by atoms with Gasteiger partial charge in [0.1, 0.15) is 11.4 Å². The third-order valence-electron chi connectivity index (χ3n) is 3.76. The van der Waals surface area contributed by atoms with Gasteiger partial charge in [0.2, 0.25) is 0 Å². The molecule has 1 aromatic heterocycles. The van der Waals surface area contributed by atoms with Gasteiger partial charge in [0, 0.05) is 5.56 Å². The lowest BCUT2D eigenvalue weighted by Gasteiger charge is -2.16. The SMILES string of the molecule is NNC(=O)c1cncc(-c2ccccc2OC2CCCC2)n1. The minimum absolute atomic E-state index is 0.177. The molecule has 1 aliphatic carbocycles. The van der Waals surface area contributed by atoms with E-state index in [1.54, 1.807) is 6.20 Å². The Balaban J connectivity index is 1.92. The number of nitrogens with zero attached hydrogens (tertiary/aromatic N) is 2. The highest BCUT2D eigenvalue weighted by Gasteiger charge is 2.19. The van der Waals surface area contributed by atoms with Gasteiger partial charge in [-0.15, -0.1) is 0 Å². The van der Waals surface area contributed by atoms with Crippen molar-refractivity contribution in [3.05, 3.63) is 42.4 Å². The van der Waals surface area contributed by atoms with Gasteiger partial charge in [0.05, 0.1) is 24.2 Å². The van der Waals surface area contributed by atoms with E-state index in [0.717, 1.165) is 24.2 Å². The number of carbonyl (C=O) groups excluding carboxylic acids is 1. The standard InChI is InChI=1S/C16H18N4O2/c17-20-16(21)14-10-18-9-13(19-14)12-7-3-4-8-15(12)22-11-5-1-2-6-11/h3-4,7-11H,1-2,5-6,17H2,(H,20,21). The smallest absolute Gasteiger partial charge is 0.285 e. The fourth-order valence-electron chi connectivity index (χ4n) is 2.65. The van der Waals surface area contributed by atoms with Crippen LogP contribution in [0.25, 0.3) is 11.3 Å². The molecule has 0 spiro atoms. The molecule has 1 saturated carbocycles. The van der Waals surface area contributed by atoms with Crippen LogP contribution in [-0.4, -0.2) is 22.0 Å². The summed E-state index contributed by atoms with van der Waals surface area (Å²) in [6.07, 6.45) is 7.82. The summed E-state index contributed by atoms with van der Waals surface area (Å²) in [6, 6.07) is 7.68. The second-order valence-electron chi connectivity index (χ2n) is 5.28. The molecule has 0 aliphatic heterocycles. The van der Waals surface area contributed by atoms with Crippen molar-refractivity contribution in [2.45, 2.75) is 31.8 Å². The van der Waals surface area contributed by atoms with Crippen molar-refractivity contribution in [1.29, 1.82) is 0 Å². The number of nitrogens with one attached hydrogen (secondary N) is 1. The number of para-hydroxylation sites is 1. The highest BCUT2D eigenvalue weighted by Crippen LogP contribution is 2.31. The van der Waals surface area contributed by atoms with Crippen molar-refractivity contribution in [2.24, 2.45) is 5.84 Å². The molecule has 3 rings (SSSR count). The molecule has 22 heavy (non-hydrogen) atoms. The fourth-order valence-corrected chi connectivity index (χ4v) is 2.65. The van der Waals surface area contributed by atoms with E-state index >= 15 is 0 Å². The zero-order chi connectivity index (χ0) is 15.4. The molecule has 0 atom stereocenters. The Hall–Kier alpha value is -2.47. The molecule has 1 amide bonds. The highest BCUT2D eigenvalue weighted by atomic mass is 16.5. The van der Waals surface area contributed by atoms with Gasteiger partial charge in [0.25, 0.3) is 5.91 Å². The van der Waals surface area contributed by atoms with Crippen molar-refractivity contribution in [3.8, 4) is 17.0 Å². The van der Waals surface area contributed by atoms with Crippen LogP contribution in [0, 0.1) is 0 Å². The van der Waals surface area contributed by atoms with Crippen LogP contribution >= 0.6 is 0 Å². The molecule has 0 saturated heterocycles. The van der Waals surface area contributed by atoms with E-state index in [9.17, 15) is 4.79 Å². The molecule has 1 aliphatic rings. The maximum absolute atomic E-state index is 11.6. The number of hydrogen-bond donors (Lipinski definition) is 2. The Morgan fingerprint density at radius 3 is 2.77 bits per heavy atom. The Morgan fingerprint density at radius 2 is 2.00 bits per heavy atom. The van der Waals surface area contributed by atoms with E-state index < -0.39 is 5.91 Å². The Morgan fingerprint density at radius 1 is 1.23 bits per heavy atom. The van der Waals surface area contributed by atoms with Gasteiger partial charge in [0.15, 0.2) is 0 Å². The summed E-state index contributed by atoms with van der Waals surface area (Å²) in [4.78, 5) is 20.0. The van der Waals surface area contributed by atoms with Crippen LogP contribution in [0.3, 0.4) is 0 Å². The highest BCUT2D eigenvalue weighted by molar-refractivity contribution is 5.92. The molecule has 1 fully saturated rings. The van der Waals surface area contributed by atoms with E-state index in [1.807, 2.05) is 24.3 Å². The minimum atomic E-state index is -0.469. The first-order chi connectivity index (χ1) is 10.8. The zero-order valence-electron chi connectivity index (χ0n) is 12.2. The molecular formula is C16H18N4O2. The first kappa shape index (κ1) is 14.5. The summed E-state index contributed by atoms with van der Waals surface area (Å²) in [6.45, 7) is 0. The molecule has 0 bridgehead atoms. The number of nitrogens with two attached hydrogens (primary N) is 1. The molecule has 6 heteroatoms. The summed E-state index contributed by atoms with van der Waals surface area (Å²) >= 11 is 0. The Labute approximate surface area is 128 Å². The van der Waals surface area contributed by atoms with Gasteiger partial charge in [-0.05, 0) is 37.8 Å². The second kappa shape index (κ2) is 6.53. The number of ether oxygens (including phenoxy) is 1. The van der Waals surface area contributed by atoms with Crippen LogP contribution in [-0.2, 0) is 0 Å². The summed E-state index contributed by atoms with van der Waals surface area (Å²) in [7, 11) is 0. The fraction of sp³-hybridized carbons (Fsp3) is 0.312. The van der Waals surface area contributed by atoms with Crippen LogP contribution < -0.4 is 16.0 Å². The number of amides is 1. The predicted molar refractivity (Wildman–Crippen MR) is 82.0 cm³/mol. The lowest BCUT2D eigenvalue weighted by Crippen LogP contribution is -2.30. The molecule has 1 aromatic carbocycles. The number of hydrazine groups is 1. The second-order valence-corrected chi connectivity index (χ2v) is 5.28. The van der Waals surface area contributed by atoms with E-state index in [4.69, 9.17) is 10.6 Å². The number of carbonyl (C=O) groups is 1. The molecule has 6 nitrogen and oxygen atoms in total. The van der Waals surface area contributed by atoms with Crippen molar-refractivity contribution in [2.75, 3.05) is 0 Å². The predicted octanol–water partition coefficient (Wildman–Crippen LogP) is 2.07. The molecule has 1 heterocycles. The lowest BCUT2D eigenvalue weighted by molar-refractivity contribution is 0.0948. The summed E-state index contributed by atoms with van der Waals surface area (Å²) in [5.41, 5.74) is 3.66. The average molecular weight is 298 g/mol. The Kier molecular flexibility index (Phi) is 4.29. The average Bonchev–Trinajstić information content (AvgIpc) is 3.08. The molecule has 0 radical (unpaired) electrons. The summed E-state index contributed by atoms with van der Waals surface area (Å²) in [5, 5.41) is 0. The first-order valence-corrected chi connectivity index (χ1v) is 7.37. The van der Waals surface area contributed by atoms with Crippen LogP contribution in [0.1, 0.15) is 36.2 Å². The van der Waals surface area contributed by atoms with Gasteiger partial charge in [-0.25, -0.2) is 10.8 Å². The maximum Gasteiger partial charge on any atom is 0.285 e. The Bertz CT molecular complexity index is 669. The molecule has 2 aromatic rings. The monoisotopic (exact) mass is 298 g/mol. The quantitative estimate of drug-likeness (QED) is 0.512. The summed E-state index contributed by atoms with van der Waals surface area (Å²) < 4.78 is 6.09. The summed E-state index contributed by atoms with van der Waals surface area (Å²) in [5.74, 6) is 5.44. The van der Waals surface area contributed by atoms with Crippen molar-refractivity contribution >= 4 is 5.91 Å². The number of aromatic nitrogens is 2. The largest absolute Gasteiger partial charge is 0.490 e. The van der Waals surface area contributed by atoms with Crippen LogP contribution in [0.2, 0.25) is 0 Å². The maximum atomic E-state index is 11.6. The zero-order valence-corrected chi connectivity index (χ0v) is 12.2. The van der Waals surface area contributed by atoms with E-state index in [-0.39, 0.29) is 11.8 Å². The topological polar surface area (TPSA) is 90.1 Å². The van der Waals surface area contributed by atoms with E-state index in [0.29, 0.717) is 5.69 Å². The number of hydrogen-bond acceptors (Lipinski definition) is 5. The molecule has 114 valence electrons. The van der Waals surface area contributed by atoms with Crippen LogP contribution in [0.15, 0.2) is 36.7 Å². The molecular weight excluding hydrogens is 280 g/mol. The minimum Gasteiger partial charge on any atom is -0.490 e. The van der Waals surface area contributed by atoms with Gasteiger partial charge >= 0.3 is 0 Å². The number of benzene rings is 1. The van der Waals surface area contributed by atoms with Gasteiger partial charge in [-0.1, -0.05) is 12.1 Å². The van der Waals surface area contributed by atoms with Gasteiger partial charge in [-0.2, -0.15) is 0 Å². The van der Waals surface area contributed by atoms with Gasteiger partial charge < -0.3 is 4.74 Å². The number of nitrogen functional groups attached to an aromatic ring is 1. The van der Waals surface area contributed by atoms with Crippen molar-refractivity contribution in [1.82, 2.24) is 15.4 Å². The molecule has 0 unspecified atom stereocenters. The van der Waals surface area contributed by atoms with Crippen molar-refractivity contribution < 1.29 is 9.53 Å². The van der Waals surface area contributed by atoms with Gasteiger partial charge in [-0.3, -0.25) is 15.2 Å². The van der Waals surface area contributed by atoms with Crippen molar-refractivity contribution in [3.63, 3.8) is 0 Å². The third kappa shape index (κ3) is 3.07. The van der Waals surface area contributed by atoms with E-state index in [2.05, 4.69) is 15.4 Å². The number of rotatable bonds is 4.